The number of ether oxygens (including phenoxy) is 2. The second-order valence-corrected chi connectivity index (χ2v) is 5.31. The van der Waals surface area contributed by atoms with E-state index in [9.17, 15) is 24.9 Å². The highest BCUT2D eigenvalue weighted by Gasteiger charge is 2.40. The number of esters is 2. The summed E-state index contributed by atoms with van der Waals surface area (Å²) in [6, 6.07) is 0. The molecule has 1 aliphatic heterocycles. The zero-order valence-corrected chi connectivity index (χ0v) is 11.5. The van der Waals surface area contributed by atoms with Crippen molar-refractivity contribution in [3.8, 4) is 0 Å². The van der Waals surface area contributed by atoms with Gasteiger partial charge in [0.2, 0.25) is 5.76 Å². The minimum absolute atomic E-state index is 0.469. The van der Waals surface area contributed by atoms with Crippen molar-refractivity contribution < 1.29 is 44.6 Å². The van der Waals surface area contributed by atoms with E-state index in [1.54, 1.807) is 0 Å². The van der Waals surface area contributed by atoms with Crippen molar-refractivity contribution in [1.29, 1.82) is 0 Å². The standard InChI is InChI=1S/C12H18O9/c1-12(2,4-13)9(17)11(19)20-3-5(14)8-6(15)7(16)10(18)21-8/h5,8-9,13-17H,3-4H2,1-2H3/t5-,8+,9-/m0/s1. The van der Waals surface area contributed by atoms with Gasteiger partial charge in [0.25, 0.3) is 0 Å². The molecule has 1 rings (SSSR count). The molecule has 0 bridgehead atoms. The van der Waals surface area contributed by atoms with Crippen LogP contribution in [0.5, 0.6) is 0 Å². The summed E-state index contributed by atoms with van der Waals surface area (Å²) < 4.78 is 9.10. The third kappa shape index (κ3) is 3.63. The Bertz CT molecular complexity index is 454. The summed E-state index contributed by atoms with van der Waals surface area (Å²) in [7, 11) is 0. The second kappa shape index (κ2) is 6.29. The molecule has 0 saturated heterocycles. The molecular formula is C12H18O9. The fourth-order valence-corrected chi connectivity index (χ4v) is 1.47. The molecule has 3 atom stereocenters. The van der Waals surface area contributed by atoms with E-state index in [4.69, 9.17) is 10.2 Å². The number of carbonyl (C=O) groups is 2. The average molecular weight is 306 g/mol. The van der Waals surface area contributed by atoms with Crippen molar-refractivity contribution in [3.05, 3.63) is 11.5 Å². The molecule has 0 unspecified atom stereocenters. The van der Waals surface area contributed by atoms with Gasteiger partial charge in [-0.1, -0.05) is 13.8 Å². The maximum Gasteiger partial charge on any atom is 0.377 e. The molecular weight excluding hydrogens is 288 g/mol. The quantitative estimate of drug-likeness (QED) is 0.370. The Morgan fingerprint density at radius 1 is 1.38 bits per heavy atom. The Labute approximate surface area is 120 Å². The molecule has 0 aromatic rings. The van der Waals surface area contributed by atoms with Gasteiger partial charge >= 0.3 is 11.9 Å². The lowest BCUT2D eigenvalue weighted by atomic mass is 9.88. The van der Waals surface area contributed by atoms with Crippen LogP contribution in [0.4, 0.5) is 0 Å². The molecule has 0 aliphatic carbocycles. The molecule has 0 fully saturated rings. The van der Waals surface area contributed by atoms with Crippen LogP contribution < -0.4 is 0 Å². The fraction of sp³-hybridized carbons (Fsp3) is 0.667. The number of hydrogen-bond acceptors (Lipinski definition) is 9. The lowest BCUT2D eigenvalue weighted by Gasteiger charge is -2.27. The number of aliphatic hydroxyl groups excluding tert-OH is 5. The summed E-state index contributed by atoms with van der Waals surface area (Å²) in [5.41, 5.74) is -1.14. The van der Waals surface area contributed by atoms with Crippen LogP contribution in [-0.2, 0) is 19.1 Å². The van der Waals surface area contributed by atoms with E-state index in [1.165, 1.54) is 13.8 Å². The van der Waals surface area contributed by atoms with E-state index in [0.29, 0.717) is 0 Å². The minimum atomic E-state index is -1.63. The first-order chi connectivity index (χ1) is 9.61. The molecule has 0 saturated carbocycles. The van der Waals surface area contributed by atoms with Crippen LogP contribution >= 0.6 is 0 Å². The van der Waals surface area contributed by atoms with Crippen molar-refractivity contribution in [3.63, 3.8) is 0 Å². The number of hydrogen-bond donors (Lipinski definition) is 5. The van der Waals surface area contributed by atoms with Gasteiger partial charge in [-0.25, -0.2) is 9.59 Å². The van der Waals surface area contributed by atoms with Gasteiger partial charge < -0.3 is 35.0 Å². The maximum absolute atomic E-state index is 11.6. The second-order valence-electron chi connectivity index (χ2n) is 5.31. The van der Waals surface area contributed by atoms with Crippen LogP contribution in [0.2, 0.25) is 0 Å². The largest absolute Gasteiger partial charge is 0.505 e. The Morgan fingerprint density at radius 3 is 2.38 bits per heavy atom. The third-order valence-corrected chi connectivity index (χ3v) is 3.06. The first-order valence-electron chi connectivity index (χ1n) is 6.08. The molecule has 9 heteroatoms. The average Bonchev–Trinajstić information content (AvgIpc) is 2.71. The van der Waals surface area contributed by atoms with Gasteiger partial charge in [-0.15, -0.1) is 0 Å². The van der Waals surface area contributed by atoms with Crippen molar-refractivity contribution in [2.45, 2.75) is 32.2 Å². The maximum atomic E-state index is 11.6. The highest BCUT2D eigenvalue weighted by atomic mass is 16.6. The predicted octanol–water partition coefficient (Wildman–Crippen LogP) is -1.48. The lowest BCUT2D eigenvalue weighted by molar-refractivity contribution is -0.168. The van der Waals surface area contributed by atoms with E-state index < -0.39 is 60.4 Å². The van der Waals surface area contributed by atoms with Crippen LogP contribution in [0.25, 0.3) is 0 Å². The van der Waals surface area contributed by atoms with Crippen molar-refractivity contribution in [2.75, 3.05) is 13.2 Å². The number of cyclic esters (lactones) is 1. The summed E-state index contributed by atoms with van der Waals surface area (Å²) in [6.45, 7) is 1.71. The summed E-state index contributed by atoms with van der Waals surface area (Å²) in [5, 5.41) is 46.7. The monoisotopic (exact) mass is 306 g/mol. The summed E-state index contributed by atoms with van der Waals surface area (Å²) in [6.07, 6.45) is -4.79. The Hall–Kier alpha value is -1.84. The molecule has 5 N–H and O–H groups in total. The molecule has 0 aromatic heterocycles. The molecule has 0 aromatic carbocycles. The number of carbonyl (C=O) groups excluding carboxylic acids is 2. The Morgan fingerprint density at radius 2 is 1.95 bits per heavy atom. The van der Waals surface area contributed by atoms with E-state index in [-0.39, 0.29) is 0 Å². The topological polar surface area (TPSA) is 154 Å². The molecule has 0 amide bonds. The van der Waals surface area contributed by atoms with Crippen LogP contribution in [0.1, 0.15) is 13.8 Å². The SMILES string of the molecule is CC(C)(CO)[C@@H](O)C(=O)OC[C@H](O)[C@H]1OC(=O)C(O)=C1O. The Balaban J connectivity index is 2.57. The van der Waals surface area contributed by atoms with E-state index in [1.807, 2.05) is 0 Å². The van der Waals surface area contributed by atoms with Crippen molar-refractivity contribution >= 4 is 11.9 Å². The molecule has 9 nitrogen and oxygen atoms in total. The molecule has 21 heavy (non-hydrogen) atoms. The Kier molecular flexibility index (Phi) is 5.15. The normalized spacial score (nSPS) is 22.0. The highest BCUT2D eigenvalue weighted by Crippen LogP contribution is 2.23. The smallest absolute Gasteiger partial charge is 0.377 e. The van der Waals surface area contributed by atoms with Gasteiger partial charge in [-0.3, -0.25) is 0 Å². The molecule has 1 heterocycles. The van der Waals surface area contributed by atoms with E-state index in [0.717, 1.165) is 0 Å². The zero-order valence-electron chi connectivity index (χ0n) is 11.5. The van der Waals surface area contributed by atoms with Gasteiger partial charge in [0.1, 0.15) is 12.7 Å². The first-order valence-corrected chi connectivity index (χ1v) is 6.08. The van der Waals surface area contributed by atoms with Crippen LogP contribution in [0, 0.1) is 5.41 Å². The lowest BCUT2D eigenvalue weighted by Crippen LogP contribution is -2.42. The zero-order chi connectivity index (χ0) is 16.4. The van der Waals surface area contributed by atoms with Crippen LogP contribution in [0.3, 0.4) is 0 Å². The summed E-state index contributed by atoms with van der Waals surface area (Å²) in [4.78, 5) is 22.5. The van der Waals surface area contributed by atoms with Crippen molar-refractivity contribution in [2.24, 2.45) is 5.41 Å². The van der Waals surface area contributed by atoms with Gasteiger partial charge in [0.05, 0.1) is 6.61 Å². The molecule has 0 radical (unpaired) electrons. The third-order valence-electron chi connectivity index (χ3n) is 3.06. The predicted molar refractivity (Wildman–Crippen MR) is 66.0 cm³/mol. The van der Waals surface area contributed by atoms with E-state index >= 15 is 0 Å². The molecule has 1 aliphatic rings. The van der Waals surface area contributed by atoms with E-state index in [2.05, 4.69) is 9.47 Å². The number of rotatable bonds is 6. The molecule has 120 valence electrons. The van der Waals surface area contributed by atoms with Gasteiger partial charge in [-0.05, 0) is 0 Å². The summed E-state index contributed by atoms with van der Waals surface area (Å²) >= 11 is 0. The van der Waals surface area contributed by atoms with Gasteiger partial charge in [0.15, 0.2) is 18.0 Å². The first kappa shape index (κ1) is 17.2. The van der Waals surface area contributed by atoms with Gasteiger partial charge in [0, 0.05) is 5.41 Å². The highest BCUT2D eigenvalue weighted by molar-refractivity contribution is 5.89. The van der Waals surface area contributed by atoms with Crippen LogP contribution in [-0.4, -0.2) is 69.0 Å². The molecule has 0 spiro atoms. The van der Waals surface area contributed by atoms with Crippen molar-refractivity contribution in [1.82, 2.24) is 0 Å². The number of aliphatic hydroxyl groups is 5. The minimum Gasteiger partial charge on any atom is -0.505 e. The fourth-order valence-electron chi connectivity index (χ4n) is 1.47. The summed E-state index contributed by atoms with van der Waals surface area (Å²) in [5.74, 6) is -4.18. The van der Waals surface area contributed by atoms with Gasteiger partial charge in [-0.2, -0.15) is 0 Å². The van der Waals surface area contributed by atoms with Crippen LogP contribution in [0.15, 0.2) is 11.5 Å².